The Balaban J connectivity index is 1.48. The summed E-state index contributed by atoms with van der Waals surface area (Å²) in [6, 6.07) is 16.1. The fraction of sp³-hybridized carbons (Fsp3) is 0.318. The van der Waals surface area contributed by atoms with Gasteiger partial charge in [-0.1, -0.05) is 42.5 Å². The van der Waals surface area contributed by atoms with Gasteiger partial charge in [0.25, 0.3) is 0 Å². The SMILES string of the molecule is COc1ccc(CNC(=O)CN2CC=C(c3ccccc3)CC2)cc1OC. The monoisotopic (exact) mass is 366 g/mol. The molecule has 0 spiro atoms. The number of hydrogen-bond donors (Lipinski definition) is 1. The number of amides is 1. The lowest BCUT2D eigenvalue weighted by Crippen LogP contribution is -2.39. The van der Waals surface area contributed by atoms with Gasteiger partial charge in [-0.2, -0.15) is 0 Å². The first-order valence-electron chi connectivity index (χ1n) is 9.14. The van der Waals surface area contributed by atoms with Crippen molar-refractivity contribution in [1.29, 1.82) is 0 Å². The van der Waals surface area contributed by atoms with Crippen LogP contribution in [0.2, 0.25) is 0 Å². The predicted octanol–water partition coefficient (Wildman–Crippen LogP) is 3.11. The van der Waals surface area contributed by atoms with Crippen LogP contribution in [-0.2, 0) is 11.3 Å². The molecule has 0 saturated carbocycles. The molecule has 1 heterocycles. The maximum Gasteiger partial charge on any atom is 0.234 e. The molecule has 0 radical (unpaired) electrons. The number of rotatable bonds is 7. The molecule has 3 rings (SSSR count). The third-order valence-electron chi connectivity index (χ3n) is 4.74. The lowest BCUT2D eigenvalue weighted by atomic mass is 10.00. The van der Waals surface area contributed by atoms with E-state index in [9.17, 15) is 4.79 Å². The highest BCUT2D eigenvalue weighted by atomic mass is 16.5. The summed E-state index contributed by atoms with van der Waals surface area (Å²) in [5.41, 5.74) is 3.61. The molecule has 5 heteroatoms. The zero-order valence-corrected chi connectivity index (χ0v) is 15.9. The first kappa shape index (κ1) is 19.0. The zero-order chi connectivity index (χ0) is 19.1. The van der Waals surface area contributed by atoms with Gasteiger partial charge in [-0.25, -0.2) is 0 Å². The molecular weight excluding hydrogens is 340 g/mol. The van der Waals surface area contributed by atoms with Gasteiger partial charge in [-0.15, -0.1) is 0 Å². The normalized spacial score (nSPS) is 14.4. The van der Waals surface area contributed by atoms with Crippen LogP contribution in [0.15, 0.2) is 54.6 Å². The average Bonchev–Trinajstić information content (AvgIpc) is 2.73. The molecule has 2 aromatic rings. The van der Waals surface area contributed by atoms with E-state index in [-0.39, 0.29) is 5.91 Å². The fourth-order valence-electron chi connectivity index (χ4n) is 3.22. The molecule has 1 amide bonds. The van der Waals surface area contributed by atoms with Crippen LogP contribution in [-0.4, -0.2) is 44.7 Å². The second-order valence-electron chi connectivity index (χ2n) is 6.55. The van der Waals surface area contributed by atoms with Crippen molar-refractivity contribution in [3.05, 3.63) is 65.7 Å². The van der Waals surface area contributed by atoms with E-state index in [1.807, 2.05) is 24.3 Å². The summed E-state index contributed by atoms with van der Waals surface area (Å²) >= 11 is 0. The molecule has 5 nitrogen and oxygen atoms in total. The molecule has 0 aromatic heterocycles. The smallest absolute Gasteiger partial charge is 0.234 e. The molecule has 0 saturated heterocycles. The molecule has 1 aliphatic rings. The highest BCUT2D eigenvalue weighted by Gasteiger charge is 2.15. The van der Waals surface area contributed by atoms with E-state index in [0.29, 0.717) is 24.6 Å². The van der Waals surface area contributed by atoms with E-state index >= 15 is 0 Å². The second kappa shape index (κ2) is 9.24. The Morgan fingerprint density at radius 2 is 1.85 bits per heavy atom. The molecule has 0 bridgehead atoms. The molecule has 0 unspecified atom stereocenters. The van der Waals surface area contributed by atoms with Crippen LogP contribution in [0.3, 0.4) is 0 Å². The fourth-order valence-corrected chi connectivity index (χ4v) is 3.22. The molecular formula is C22H26N2O3. The van der Waals surface area contributed by atoms with E-state index in [1.165, 1.54) is 11.1 Å². The largest absolute Gasteiger partial charge is 0.493 e. The van der Waals surface area contributed by atoms with E-state index in [4.69, 9.17) is 9.47 Å². The van der Waals surface area contributed by atoms with Crippen molar-refractivity contribution in [2.75, 3.05) is 33.9 Å². The Morgan fingerprint density at radius 3 is 2.52 bits per heavy atom. The molecule has 2 aromatic carbocycles. The third-order valence-corrected chi connectivity index (χ3v) is 4.74. The van der Waals surface area contributed by atoms with Crippen LogP contribution in [0.4, 0.5) is 0 Å². The molecule has 142 valence electrons. The summed E-state index contributed by atoms with van der Waals surface area (Å²) in [5, 5.41) is 2.98. The van der Waals surface area contributed by atoms with E-state index in [2.05, 4.69) is 40.6 Å². The second-order valence-corrected chi connectivity index (χ2v) is 6.55. The first-order chi connectivity index (χ1) is 13.2. The lowest BCUT2D eigenvalue weighted by molar-refractivity contribution is -0.122. The summed E-state index contributed by atoms with van der Waals surface area (Å²) in [5.74, 6) is 1.38. The Bertz CT molecular complexity index is 802. The number of benzene rings is 2. The van der Waals surface area contributed by atoms with Gasteiger partial charge < -0.3 is 14.8 Å². The van der Waals surface area contributed by atoms with Crippen LogP contribution < -0.4 is 14.8 Å². The van der Waals surface area contributed by atoms with Crippen molar-refractivity contribution in [2.24, 2.45) is 0 Å². The quantitative estimate of drug-likeness (QED) is 0.818. The Morgan fingerprint density at radius 1 is 1.07 bits per heavy atom. The van der Waals surface area contributed by atoms with Crippen molar-refractivity contribution in [3.8, 4) is 11.5 Å². The maximum absolute atomic E-state index is 12.3. The number of nitrogens with one attached hydrogen (secondary N) is 1. The summed E-state index contributed by atoms with van der Waals surface area (Å²) in [6.45, 7) is 2.57. The van der Waals surface area contributed by atoms with Gasteiger partial charge in [-0.05, 0) is 35.3 Å². The molecule has 0 atom stereocenters. The minimum absolute atomic E-state index is 0.0290. The van der Waals surface area contributed by atoms with Gasteiger partial charge in [-0.3, -0.25) is 9.69 Å². The van der Waals surface area contributed by atoms with Crippen LogP contribution in [0.25, 0.3) is 5.57 Å². The van der Waals surface area contributed by atoms with Crippen molar-refractivity contribution in [1.82, 2.24) is 10.2 Å². The highest BCUT2D eigenvalue weighted by Crippen LogP contribution is 2.27. The summed E-state index contributed by atoms with van der Waals surface area (Å²) in [4.78, 5) is 14.4. The van der Waals surface area contributed by atoms with Crippen LogP contribution >= 0.6 is 0 Å². The van der Waals surface area contributed by atoms with Crippen molar-refractivity contribution < 1.29 is 14.3 Å². The van der Waals surface area contributed by atoms with Crippen molar-refractivity contribution in [2.45, 2.75) is 13.0 Å². The highest BCUT2D eigenvalue weighted by molar-refractivity contribution is 5.78. The maximum atomic E-state index is 12.3. The van der Waals surface area contributed by atoms with E-state index in [1.54, 1.807) is 14.2 Å². The molecule has 1 aliphatic heterocycles. The van der Waals surface area contributed by atoms with Gasteiger partial charge >= 0.3 is 0 Å². The van der Waals surface area contributed by atoms with Gasteiger partial charge in [0.15, 0.2) is 11.5 Å². The Kier molecular flexibility index (Phi) is 6.49. The minimum atomic E-state index is 0.0290. The molecule has 27 heavy (non-hydrogen) atoms. The van der Waals surface area contributed by atoms with Crippen molar-refractivity contribution >= 4 is 11.5 Å². The van der Waals surface area contributed by atoms with Crippen molar-refractivity contribution in [3.63, 3.8) is 0 Å². The number of carbonyl (C=O) groups is 1. The third kappa shape index (κ3) is 5.11. The number of hydrogen-bond acceptors (Lipinski definition) is 4. The topological polar surface area (TPSA) is 50.8 Å². The van der Waals surface area contributed by atoms with Gasteiger partial charge in [0.1, 0.15) is 0 Å². The Hall–Kier alpha value is -2.79. The lowest BCUT2D eigenvalue weighted by Gasteiger charge is -2.26. The summed E-state index contributed by atoms with van der Waals surface area (Å²) in [7, 11) is 3.21. The zero-order valence-electron chi connectivity index (χ0n) is 15.9. The summed E-state index contributed by atoms with van der Waals surface area (Å²) in [6.07, 6.45) is 3.19. The number of nitrogens with zero attached hydrogens (tertiary/aromatic N) is 1. The van der Waals surface area contributed by atoms with Crippen LogP contribution in [0.1, 0.15) is 17.5 Å². The Labute approximate surface area is 160 Å². The predicted molar refractivity (Wildman–Crippen MR) is 107 cm³/mol. The summed E-state index contributed by atoms with van der Waals surface area (Å²) < 4.78 is 10.5. The van der Waals surface area contributed by atoms with Gasteiger partial charge in [0, 0.05) is 19.6 Å². The van der Waals surface area contributed by atoms with Gasteiger partial charge in [0.05, 0.1) is 20.8 Å². The van der Waals surface area contributed by atoms with Crippen LogP contribution in [0.5, 0.6) is 11.5 Å². The van der Waals surface area contributed by atoms with E-state index < -0.39 is 0 Å². The number of carbonyl (C=O) groups excluding carboxylic acids is 1. The van der Waals surface area contributed by atoms with Gasteiger partial charge in [0.2, 0.25) is 5.91 Å². The van der Waals surface area contributed by atoms with E-state index in [0.717, 1.165) is 25.1 Å². The number of ether oxygens (including phenoxy) is 2. The van der Waals surface area contributed by atoms with Crippen LogP contribution in [0, 0.1) is 0 Å². The first-order valence-corrected chi connectivity index (χ1v) is 9.14. The standard InChI is InChI=1S/C22H26N2O3/c1-26-20-9-8-17(14-21(20)27-2)15-23-22(25)16-24-12-10-19(11-13-24)18-6-4-3-5-7-18/h3-10,14H,11-13,15-16H2,1-2H3,(H,23,25). The minimum Gasteiger partial charge on any atom is -0.493 e. The average molecular weight is 366 g/mol. The molecule has 0 aliphatic carbocycles. The molecule has 1 N–H and O–H groups in total. The number of methoxy groups -OCH3 is 2. The molecule has 0 fully saturated rings.